The van der Waals surface area contributed by atoms with E-state index in [9.17, 15) is 14.7 Å². The molecular weight excluding hydrogens is 536 g/mol. The first-order chi connectivity index (χ1) is 21.1. The quantitative estimate of drug-likeness (QED) is 0.0470. The monoisotopic (exact) mass is 605 g/mol. The lowest BCUT2D eigenvalue weighted by Gasteiger charge is -2.15. The molecule has 0 spiro atoms. The summed E-state index contributed by atoms with van der Waals surface area (Å²) in [4.78, 5) is 24.1. The number of esters is 2. The second-order valence-electron chi connectivity index (χ2n) is 11.9. The number of aliphatic hydroxyl groups excluding tert-OH is 1. The standard InChI is InChI=1S/C38H68O5/c1-3-5-7-9-11-13-15-17-18-19-20-21-23-24-26-28-30-32-37(40)42-35-36(34-39)43-38(41)33-31-29-27-25-22-16-14-12-10-8-6-4-2/h11-14,17-18,36,39H,3-10,15-16,19-35H2,1-2H3/b13-11+,14-12+,18-17+/t36-/m0/s1. The first-order valence-corrected chi connectivity index (χ1v) is 18.0. The van der Waals surface area contributed by atoms with Crippen LogP contribution in [0.2, 0.25) is 0 Å². The molecule has 0 aliphatic carbocycles. The number of rotatable bonds is 32. The Kier molecular flexibility index (Phi) is 33.1. The molecule has 0 saturated carbocycles. The van der Waals surface area contributed by atoms with E-state index < -0.39 is 6.10 Å². The minimum absolute atomic E-state index is 0.0727. The Morgan fingerprint density at radius 2 is 0.930 bits per heavy atom. The highest BCUT2D eigenvalue weighted by Gasteiger charge is 2.16. The van der Waals surface area contributed by atoms with Crippen LogP contribution in [-0.2, 0) is 19.1 Å². The van der Waals surface area contributed by atoms with Crippen LogP contribution in [0, 0.1) is 0 Å². The summed E-state index contributed by atoms with van der Waals surface area (Å²) in [5.74, 6) is -0.612. The first kappa shape index (κ1) is 41.1. The smallest absolute Gasteiger partial charge is 0.306 e. The number of carbonyl (C=O) groups excluding carboxylic acids is 2. The normalized spacial score (nSPS) is 12.5. The molecule has 0 aromatic carbocycles. The van der Waals surface area contributed by atoms with Gasteiger partial charge in [0.25, 0.3) is 0 Å². The number of hydrogen-bond acceptors (Lipinski definition) is 5. The lowest BCUT2D eigenvalue weighted by molar-refractivity contribution is -0.161. The molecule has 0 rings (SSSR count). The molecule has 0 aliphatic rings. The summed E-state index contributed by atoms with van der Waals surface area (Å²) in [6, 6.07) is 0. The Morgan fingerprint density at radius 3 is 1.40 bits per heavy atom. The fourth-order valence-corrected chi connectivity index (χ4v) is 4.87. The topological polar surface area (TPSA) is 72.8 Å². The van der Waals surface area contributed by atoms with Crippen LogP contribution in [-0.4, -0.2) is 36.4 Å². The van der Waals surface area contributed by atoms with Gasteiger partial charge in [0.2, 0.25) is 0 Å². The number of aliphatic hydroxyl groups is 1. The highest BCUT2D eigenvalue weighted by atomic mass is 16.6. The van der Waals surface area contributed by atoms with Gasteiger partial charge < -0.3 is 14.6 Å². The van der Waals surface area contributed by atoms with Crippen LogP contribution in [0.4, 0.5) is 0 Å². The Labute approximate surface area is 266 Å². The molecule has 0 aromatic rings. The van der Waals surface area contributed by atoms with Gasteiger partial charge in [0.15, 0.2) is 6.10 Å². The second-order valence-corrected chi connectivity index (χ2v) is 11.9. The molecule has 5 heteroatoms. The largest absolute Gasteiger partial charge is 0.462 e. The Morgan fingerprint density at radius 1 is 0.535 bits per heavy atom. The maximum absolute atomic E-state index is 12.1. The minimum atomic E-state index is -0.776. The Bertz CT molecular complexity index is 696. The van der Waals surface area contributed by atoms with E-state index in [1.807, 2.05) is 0 Å². The van der Waals surface area contributed by atoms with Crippen molar-refractivity contribution in [3.63, 3.8) is 0 Å². The molecule has 0 amide bonds. The molecule has 0 radical (unpaired) electrons. The van der Waals surface area contributed by atoms with Crippen molar-refractivity contribution < 1.29 is 24.2 Å². The van der Waals surface area contributed by atoms with E-state index in [0.29, 0.717) is 12.8 Å². The van der Waals surface area contributed by atoms with Gasteiger partial charge in [-0.25, -0.2) is 0 Å². The molecule has 0 aromatic heterocycles. The summed E-state index contributed by atoms with van der Waals surface area (Å²) in [5, 5.41) is 9.51. The first-order valence-electron chi connectivity index (χ1n) is 18.0. The van der Waals surface area contributed by atoms with Gasteiger partial charge in [-0.3, -0.25) is 9.59 Å². The second kappa shape index (κ2) is 34.6. The predicted octanol–water partition coefficient (Wildman–Crippen LogP) is 10.9. The third kappa shape index (κ3) is 32.9. The van der Waals surface area contributed by atoms with Crippen LogP contribution in [0.25, 0.3) is 0 Å². The zero-order valence-electron chi connectivity index (χ0n) is 28.2. The summed E-state index contributed by atoms with van der Waals surface area (Å²) in [5.41, 5.74) is 0. The van der Waals surface area contributed by atoms with Crippen molar-refractivity contribution in [1.82, 2.24) is 0 Å². The van der Waals surface area contributed by atoms with Crippen molar-refractivity contribution in [3.8, 4) is 0 Å². The summed E-state index contributed by atoms with van der Waals surface area (Å²) in [6.07, 6.45) is 40.5. The van der Waals surface area contributed by atoms with Gasteiger partial charge in [-0.2, -0.15) is 0 Å². The molecule has 0 saturated heterocycles. The fourth-order valence-electron chi connectivity index (χ4n) is 4.87. The van der Waals surface area contributed by atoms with Crippen molar-refractivity contribution in [2.45, 2.75) is 180 Å². The van der Waals surface area contributed by atoms with Crippen LogP contribution in [0.5, 0.6) is 0 Å². The van der Waals surface area contributed by atoms with Crippen LogP contribution in [0.1, 0.15) is 174 Å². The SMILES string of the molecule is CCCCC/C=C/C/C=C/CCCCCCCCCC(=O)OC[C@H](CO)OC(=O)CCCCCCC/C=C/CCCCC. The number of carbonyl (C=O) groups is 2. The Hall–Kier alpha value is -1.88. The van der Waals surface area contributed by atoms with Crippen LogP contribution < -0.4 is 0 Å². The van der Waals surface area contributed by atoms with Gasteiger partial charge in [-0.1, -0.05) is 127 Å². The molecule has 1 N–H and O–H groups in total. The van der Waals surface area contributed by atoms with Crippen molar-refractivity contribution in [1.29, 1.82) is 0 Å². The summed E-state index contributed by atoms with van der Waals surface area (Å²) in [7, 11) is 0. The summed E-state index contributed by atoms with van der Waals surface area (Å²) in [6.45, 7) is 4.06. The van der Waals surface area contributed by atoms with E-state index in [1.165, 1.54) is 89.9 Å². The van der Waals surface area contributed by atoms with Crippen molar-refractivity contribution in [2.75, 3.05) is 13.2 Å². The third-order valence-electron chi connectivity index (χ3n) is 7.66. The van der Waals surface area contributed by atoms with E-state index >= 15 is 0 Å². The van der Waals surface area contributed by atoms with Gasteiger partial charge >= 0.3 is 11.9 Å². The predicted molar refractivity (Wildman–Crippen MR) is 182 cm³/mol. The zero-order chi connectivity index (χ0) is 31.5. The van der Waals surface area contributed by atoms with Crippen molar-refractivity contribution in [2.24, 2.45) is 0 Å². The molecule has 0 heterocycles. The molecule has 5 nitrogen and oxygen atoms in total. The van der Waals surface area contributed by atoms with Crippen molar-refractivity contribution >= 4 is 11.9 Å². The van der Waals surface area contributed by atoms with Gasteiger partial charge in [0, 0.05) is 12.8 Å². The molecule has 250 valence electrons. The highest BCUT2D eigenvalue weighted by Crippen LogP contribution is 2.12. The van der Waals surface area contributed by atoms with Crippen LogP contribution in [0.3, 0.4) is 0 Å². The van der Waals surface area contributed by atoms with E-state index in [1.54, 1.807) is 0 Å². The molecule has 0 bridgehead atoms. The van der Waals surface area contributed by atoms with Gasteiger partial charge in [-0.15, -0.1) is 0 Å². The number of ether oxygens (including phenoxy) is 2. The van der Waals surface area contributed by atoms with Crippen molar-refractivity contribution in [3.05, 3.63) is 36.5 Å². The number of unbranched alkanes of at least 4 members (excludes halogenated alkanes) is 18. The Balaban J connectivity index is 3.59. The number of allylic oxidation sites excluding steroid dienone is 6. The van der Waals surface area contributed by atoms with Crippen LogP contribution in [0.15, 0.2) is 36.5 Å². The van der Waals surface area contributed by atoms with Crippen LogP contribution >= 0.6 is 0 Å². The molecule has 0 unspecified atom stereocenters. The maximum atomic E-state index is 12.1. The molecular formula is C38H68O5. The summed E-state index contributed by atoms with van der Waals surface area (Å²) >= 11 is 0. The zero-order valence-corrected chi connectivity index (χ0v) is 28.2. The average molecular weight is 605 g/mol. The molecule has 43 heavy (non-hydrogen) atoms. The lowest BCUT2D eigenvalue weighted by Crippen LogP contribution is -2.28. The average Bonchev–Trinajstić information content (AvgIpc) is 3.01. The van der Waals surface area contributed by atoms with Gasteiger partial charge in [0.1, 0.15) is 6.61 Å². The van der Waals surface area contributed by atoms with Gasteiger partial charge in [0.05, 0.1) is 6.61 Å². The number of hydrogen-bond donors (Lipinski definition) is 1. The van der Waals surface area contributed by atoms with E-state index in [-0.39, 0.29) is 25.2 Å². The molecule has 0 aliphatic heterocycles. The van der Waals surface area contributed by atoms with Gasteiger partial charge in [-0.05, 0) is 70.6 Å². The lowest BCUT2D eigenvalue weighted by atomic mass is 10.1. The van der Waals surface area contributed by atoms with E-state index in [0.717, 1.165) is 57.8 Å². The summed E-state index contributed by atoms with van der Waals surface area (Å²) < 4.78 is 10.6. The molecule has 0 fully saturated rings. The maximum Gasteiger partial charge on any atom is 0.306 e. The third-order valence-corrected chi connectivity index (χ3v) is 7.66. The highest BCUT2D eigenvalue weighted by molar-refractivity contribution is 5.70. The minimum Gasteiger partial charge on any atom is -0.462 e. The van der Waals surface area contributed by atoms with E-state index in [4.69, 9.17) is 9.47 Å². The fraction of sp³-hybridized carbons (Fsp3) is 0.789. The molecule has 1 atom stereocenters. The van der Waals surface area contributed by atoms with E-state index in [2.05, 4.69) is 50.3 Å².